The van der Waals surface area contributed by atoms with Gasteiger partial charge in [0.05, 0.1) is 0 Å². The second kappa shape index (κ2) is 9.59. The zero-order chi connectivity index (χ0) is 14.8. The molecule has 114 valence electrons. The minimum atomic E-state index is 0.635. The first-order valence-corrected chi connectivity index (χ1v) is 7.77. The predicted octanol–water partition coefficient (Wildman–Crippen LogP) is 3.44. The highest BCUT2D eigenvalue weighted by Crippen LogP contribution is 2.12. The zero-order valence-electron chi connectivity index (χ0n) is 13.4. The molecule has 0 bridgehead atoms. The maximum absolute atomic E-state index is 4.31. The highest BCUT2D eigenvalue weighted by Gasteiger charge is 2.02. The fourth-order valence-corrected chi connectivity index (χ4v) is 1.87. The van der Waals surface area contributed by atoms with E-state index in [1.165, 1.54) is 19.4 Å². The van der Waals surface area contributed by atoms with Crippen LogP contribution in [-0.2, 0) is 0 Å². The van der Waals surface area contributed by atoms with E-state index in [9.17, 15) is 0 Å². The molecule has 0 radical (unpaired) electrons. The summed E-state index contributed by atoms with van der Waals surface area (Å²) < 4.78 is 0. The van der Waals surface area contributed by atoms with Gasteiger partial charge in [-0.2, -0.15) is 0 Å². The highest BCUT2D eigenvalue weighted by molar-refractivity contribution is 5.51. The number of hydrogen-bond donors (Lipinski definition) is 2. The zero-order valence-corrected chi connectivity index (χ0v) is 13.4. The molecule has 0 unspecified atom stereocenters. The molecule has 0 saturated heterocycles. The Kier molecular flexibility index (Phi) is 8.04. The third-order valence-electron chi connectivity index (χ3n) is 3.46. The summed E-state index contributed by atoms with van der Waals surface area (Å²) in [5.74, 6) is 0.955. The van der Waals surface area contributed by atoms with Gasteiger partial charge in [0, 0.05) is 37.1 Å². The van der Waals surface area contributed by atoms with E-state index in [1.54, 1.807) is 0 Å². The molecule has 0 fully saturated rings. The van der Waals surface area contributed by atoms with E-state index in [1.807, 2.05) is 12.3 Å². The Morgan fingerprint density at radius 3 is 2.70 bits per heavy atom. The van der Waals surface area contributed by atoms with Crippen LogP contribution in [0.25, 0.3) is 0 Å². The lowest BCUT2D eigenvalue weighted by Crippen LogP contribution is -2.27. The Balaban J connectivity index is 2.21. The SMILES string of the molecule is CCCNc1cc(NCCCCN(C)C(C)C)ccn1. The molecule has 4 nitrogen and oxygen atoms in total. The Bertz CT molecular complexity index is 365. The monoisotopic (exact) mass is 278 g/mol. The molecule has 0 spiro atoms. The van der Waals surface area contributed by atoms with Crippen molar-refractivity contribution in [2.45, 2.75) is 46.1 Å². The number of anilines is 2. The summed E-state index contributed by atoms with van der Waals surface area (Å²) in [6.07, 6.45) is 5.39. The van der Waals surface area contributed by atoms with E-state index in [-0.39, 0.29) is 0 Å². The summed E-state index contributed by atoms with van der Waals surface area (Å²) in [6, 6.07) is 4.74. The number of aromatic nitrogens is 1. The number of unbranched alkanes of at least 4 members (excludes halogenated alkanes) is 1. The van der Waals surface area contributed by atoms with Gasteiger partial charge in [-0.1, -0.05) is 6.92 Å². The van der Waals surface area contributed by atoms with Gasteiger partial charge >= 0.3 is 0 Å². The Labute approximate surface area is 124 Å². The van der Waals surface area contributed by atoms with Gasteiger partial charge in [-0.25, -0.2) is 4.98 Å². The van der Waals surface area contributed by atoms with Gasteiger partial charge in [0.25, 0.3) is 0 Å². The summed E-state index contributed by atoms with van der Waals surface area (Å²) in [5, 5.41) is 6.77. The molecule has 4 heteroatoms. The van der Waals surface area contributed by atoms with Crippen LogP contribution in [0.5, 0.6) is 0 Å². The van der Waals surface area contributed by atoms with Gasteiger partial charge < -0.3 is 15.5 Å². The standard InChI is InChI=1S/C16H30N4/c1-5-9-18-16-13-15(8-11-19-16)17-10-6-7-12-20(4)14(2)3/h8,11,13-14H,5-7,9-10,12H2,1-4H3,(H2,17,18,19). The number of hydrogen-bond acceptors (Lipinski definition) is 4. The lowest BCUT2D eigenvalue weighted by atomic mass is 10.2. The lowest BCUT2D eigenvalue weighted by molar-refractivity contribution is 0.269. The van der Waals surface area contributed by atoms with Crippen LogP contribution in [-0.4, -0.2) is 42.6 Å². The second-order valence-electron chi connectivity index (χ2n) is 5.56. The van der Waals surface area contributed by atoms with Crippen molar-refractivity contribution in [1.82, 2.24) is 9.88 Å². The molecule has 0 aliphatic rings. The van der Waals surface area contributed by atoms with Crippen LogP contribution in [0.1, 0.15) is 40.0 Å². The van der Waals surface area contributed by atoms with E-state index in [4.69, 9.17) is 0 Å². The van der Waals surface area contributed by atoms with Crippen LogP contribution >= 0.6 is 0 Å². The quantitative estimate of drug-likeness (QED) is 0.643. The van der Waals surface area contributed by atoms with Crippen LogP contribution in [0.15, 0.2) is 18.3 Å². The first-order valence-electron chi connectivity index (χ1n) is 7.77. The summed E-state index contributed by atoms with van der Waals surface area (Å²) in [6.45, 7) is 9.78. The van der Waals surface area contributed by atoms with Crippen molar-refractivity contribution in [1.29, 1.82) is 0 Å². The van der Waals surface area contributed by atoms with E-state index in [0.717, 1.165) is 31.0 Å². The van der Waals surface area contributed by atoms with Crippen LogP contribution in [0.4, 0.5) is 11.5 Å². The average molecular weight is 278 g/mol. The second-order valence-corrected chi connectivity index (χ2v) is 5.56. The molecule has 1 aromatic rings. The summed E-state index contributed by atoms with van der Waals surface area (Å²) >= 11 is 0. The molecule has 20 heavy (non-hydrogen) atoms. The lowest BCUT2D eigenvalue weighted by Gasteiger charge is -2.20. The molecule has 0 amide bonds. The molecule has 0 saturated carbocycles. The van der Waals surface area contributed by atoms with Crippen molar-refractivity contribution >= 4 is 11.5 Å². The smallest absolute Gasteiger partial charge is 0.127 e. The third-order valence-corrected chi connectivity index (χ3v) is 3.46. The molecule has 0 aromatic carbocycles. The van der Waals surface area contributed by atoms with Gasteiger partial charge in [0.2, 0.25) is 0 Å². The number of pyridine rings is 1. The van der Waals surface area contributed by atoms with Gasteiger partial charge in [-0.3, -0.25) is 0 Å². The average Bonchev–Trinajstić information content (AvgIpc) is 2.45. The van der Waals surface area contributed by atoms with Crippen molar-refractivity contribution in [3.63, 3.8) is 0 Å². The molecule has 0 atom stereocenters. The van der Waals surface area contributed by atoms with Crippen molar-refractivity contribution < 1.29 is 0 Å². The summed E-state index contributed by atoms with van der Waals surface area (Å²) in [7, 11) is 2.19. The molecule has 1 heterocycles. The van der Waals surface area contributed by atoms with Crippen molar-refractivity contribution in [3.05, 3.63) is 18.3 Å². The largest absolute Gasteiger partial charge is 0.385 e. The van der Waals surface area contributed by atoms with E-state index in [0.29, 0.717) is 6.04 Å². The van der Waals surface area contributed by atoms with Gasteiger partial charge in [0.1, 0.15) is 5.82 Å². The van der Waals surface area contributed by atoms with Crippen molar-refractivity contribution in [2.24, 2.45) is 0 Å². The van der Waals surface area contributed by atoms with Gasteiger partial charge in [-0.05, 0) is 52.8 Å². The minimum absolute atomic E-state index is 0.635. The fourth-order valence-electron chi connectivity index (χ4n) is 1.87. The van der Waals surface area contributed by atoms with Crippen LogP contribution < -0.4 is 10.6 Å². The van der Waals surface area contributed by atoms with Crippen molar-refractivity contribution in [3.8, 4) is 0 Å². The van der Waals surface area contributed by atoms with E-state index in [2.05, 4.69) is 54.4 Å². The molecule has 2 N–H and O–H groups in total. The Hall–Kier alpha value is -1.29. The van der Waals surface area contributed by atoms with Gasteiger partial charge in [-0.15, -0.1) is 0 Å². The Morgan fingerprint density at radius 2 is 2.00 bits per heavy atom. The Morgan fingerprint density at radius 1 is 1.20 bits per heavy atom. The predicted molar refractivity (Wildman–Crippen MR) is 88.5 cm³/mol. The molecule has 0 aliphatic carbocycles. The molecule has 1 rings (SSSR count). The highest BCUT2D eigenvalue weighted by atomic mass is 15.1. The van der Waals surface area contributed by atoms with Crippen LogP contribution in [0.2, 0.25) is 0 Å². The first kappa shape index (κ1) is 16.8. The fraction of sp³-hybridized carbons (Fsp3) is 0.688. The van der Waals surface area contributed by atoms with E-state index >= 15 is 0 Å². The van der Waals surface area contributed by atoms with Crippen molar-refractivity contribution in [2.75, 3.05) is 37.3 Å². The molecule has 1 aromatic heterocycles. The molecular weight excluding hydrogens is 248 g/mol. The maximum atomic E-state index is 4.31. The van der Waals surface area contributed by atoms with Crippen LogP contribution in [0.3, 0.4) is 0 Å². The van der Waals surface area contributed by atoms with E-state index < -0.39 is 0 Å². The van der Waals surface area contributed by atoms with Gasteiger partial charge in [0.15, 0.2) is 0 Å². The topological polar surface area (TPSA) is 40.2 Å². The van der Waals surface area contributed by atoms with Crippen LogP contribution in [0, 0.1) is 0 Å². The summed E-state index contributed by atoms with van der Waals surface area (Å²) in [5.41, 5.74) is 1.15. The molecule has 0 aliphatic heterocycles. The summed E-state index contributed by atoms with van der Waals surface area (Å²) in [4.78, 5) is 6.69. The molecular formula is C16H30N4. The number of nitrogens with zero attached hydrogens (tertiary/aromatic N) is 2. The number of nitrogens with one attached hydrogen (secondary N) is 2. The minimum Gasteiger partial charge on any atom is -0.385 e. The maximum Gasteiger partial charge on any atom is 0.127 e. The third kappa shape index (κ3) is 6.75. The first-order chi connectivity index (χ1) is 9.63. The normalized spacial score (nSPS) is 11.1. The number of rotatable bonds is 10.